The van der Waals surface area contributed by atoms with E-state index >= 15 is 0 Å². The van der Waals surface area contributed by atoms with E-state index in [4.69, 9.17) is 10.2 Å². The van der Waals surface area contributed by atoms with Gasteiger partial charge in [-0.05, 0) is 19.3 Å². The third-order valence-electron chi connectivity index (χ3n) is 4.38. The zero-order valence-corrected chi connectivity index (χ0v) is 13.3. The maximum Gasteiger partial charge on any atom is 0.223 e. The van der Waals surface area contributed by atoms with Crippen molar-refractivity contribution in [2.75, 3.05) is 13.1 Å². The van der Waals surface area contributed by atoms with Crippen molar-refractivity contribution in [1.29, 1.82) is 0 Å². The first-order valence-corrected chi connectivity index (χ1v) is 8.27. The Morgan fingerprint density at radius 2 is 2.13 bits per heavy atom. The summed E-state index contributed by atoms with van der Waals surface area (Å²) in [5.74, 6) is 1.50. The second-order valence-electron chi connectivity index (χ2n) is 5.96. The predicted octanol–water partition coefficient (Wildman–Crippen LogP) is 2.61. The average molecular weight is 313 g/mol. The summed E-state index contributed by atoms with van der Waals surface area (Å²) in [5, 5.41) is 0. The highest BCUT2D eigenvalue weighted by atomic mass is 16.4. The van der Waals surface area contributed by atoms with Gasteiger partial charge in [0.1, 0.15) is 0 Å². The van der Waals surface area contributed by atoms with E-state index in [1.54, 1.807) is 6.20 Å². The first-order valence-electron chi connectivity index (χ1n) is 8.27. The second-order valence-corrected chi connectivity index (χ2v) is 5.96. The zero-order chi connectivity index (χ0) is 16.1. The summed E-state index contributed by atoms with van der Waals surface area (Å²) < 4.78 is 5.75. The summed E-state index contributed by atoms with van der Waals surface area (Å²) in [6.07, 6.45) is 5.91. The molecule has 0 bridgehead atoms. The Morgan fingerprint density at radius 3 is 2.91 bits per heavy atom. The Bertz CT molecular complexity index is 639. The zero-order valence-electron chi connectivity index (χ0n) is 13.3. The molecular formula is C18H23N3O2. The van der Waals surface area contributed by atoms with Crippen molar-refractivity contribution < 1.29 is 9.21 Å². The molecule has 1 aliphatic heterocycles. The molecule has 0 aliphatic carbocycles. The molecule has 1 amide bonds. The van der Waals surface area contributed by atoms with Crippen molar-refractivity contribution in [1.82, 2.24) is 9.88 Å². The molecule has 23 heavy (non-hydrogen) atoms. The highest BCUT2D eigenvalue weighted by Gasteiger charge is 2.25. The minimum atomic E-state index is 0.152. The summed E-state index contributed by atoms with van der Waals surface area (Å²) in [7, 11) is 0. The second kappa shape index (κ2) is 7.42. The molecule has 1 atom stereocenters. The number of piperidine rings is 1. The number of hydrogen-bond acceptors (Lipinski definition) is 4. The first kappa shape index (κ1) is 15.7. The minimum Gasteiger partial charge on any atom is -0.441 e. The molecule has 5 heteroatoms. The number of carbonyl (C=O) groups excluding carboxylic acids is 1. The number of aryl methyl sites for hydroxylation is 1. The van der Waals surface area contributed by atoms with Gasteiger partial charge in [-0.15, -0.1) is 0 Å². The smallest absolute Gasteiger partial charge is 0.223 e. The van der Waals surface area contributed by atoms with Crippen molar-refractivity contribution >= 4 is 5.91 Å². The van der Waals surface area contributed by atoms with Gasteiger partial charge in [-0.1, -0.05) is 30.3 Å². The van der Waals surface area contributed by atoms with E-state index in [-0.39, 0.29) is 11.9 Å². The summed E-state index contributed by atoms with van der Waals surface area (Å²) >= 11 is 0. The van der Waals surface area contributed by atoms with Crippen molar-refractivity contribution in [3.05, 3.63) is 42.4 Å². The molecule has 0 saturated carbocycles. The van der Waals surface area contributed by atoms with Crippen LogP contribution in [-0.4, -0.2) is 34.9 Å². The van der Waals surface area contributed by atoms with Gasteiger partial charge in [0.2, 0.25) is 5.91 Å². The molecule has 5 nitrogen and oxygen atoms in total. The lowest BCUT2D eigenvalue weighted by molar-refractivity contribution is -0.134. The summed E-state index contributed by atoms with van der Waals surface area (Å²) in [6.45, 7) is 1.37. The molecule has 2 heterocycles. The molecule has 1 aromatic heterocycles. The molecule has 0 spiro atoms. The normalized spacial score (nSPS) is 18.1. The molecule has 1 aromatic carbocycles. The lowest BCUT2D eigenvalue weighted by Gasteiger charge is -2.35. The average Bonchev–Trinajstić information content (AvgIpc) is 3.09. The Morgan fingerprint density at radius 1 is 1.30 bits per heavy atom. The Kier molecular flexibility index (Phi) is 5.08. The van der Waals surface area contributed by atoms with Crippen molar-refractivity contribution in [2.45, 2.75) is 38.1 Å². The van der Waals surface area contributed by atoms with Gasteiger partial charge in [-0.3, -0.25) is 4.79 Å². The number of nitrogens with zero attached hydrogens (tertiary/aromatic N) is 2. The summed E-state index contributed by atoms with van der Waals surface area (Å²) in [5.41, 5.74) is 6.78. The lowest BCUT2D eigenvalue weighted by Crippen LogP contribution is -2.47. The third kappa shape index (κ3) is 3.79. The molecule has 122 valence electrons. The Balaban J connectivity index is 1.58. The van der Waals surface area contributed by atoms with Crippen molar-refractivity contribution in [3.63, 3.8) is 0 Å². The van der Waals surface area contributed by atoms with E-state index in [1.807, 2.05) is 35.2 Å². The van der Waals surface area contributed by atoms with E-state index in [0.717, 1.165) is 37.1 Å². The maximum absolute atomic E-state index is 12.4. The van der Waals surface area contributed by atoms with Crippen LogP contribution in [0.4, 0.5) is 0 Å². The molecular weight excluding hydrogens is 290 g/mol. The number of aromatic nitrogens is 1. The number of hydrogen-bond donors (Lipinski definition) is 1. The van der Waals surface area contributed by atoms with Crippen molar-refractivity contribution in [2.24, 2.45) is 5.73 Å². The van der Waals surface area contributed by atoms with Crippen LogP contribution in [0.25, 0.3) is 11.3 Å². The molecule has 1 unspecified atom stereocenters. The Hall–Kier alpha value is -2.14. The van der Waals surface area contributed by atoms with Crippen LogP contribution in [0.3, 0.4) is 0 Å². The number of carbonyl (C=O) groups is 1. The van der Waals surface area contributed by atoms with Crippen LogP contribution in [-0.2, 0) is 11.2 Å². The van der Waals surface area contributed by atoms with Gasteiger partial charge in [-0.2, -0.15) is 0 Å². The highest BCUT2D eigenvalue weighted by Crippen LogP contribution is 2.21. The topological polar surface area (TPSA) is 72.4 Å². The number of benzene rings is 1. The Labute approximate surface area is 136 Å². The van der Waals surface area contributed by atoms with Crippen molar-refractivity contribution in [3.8, 4) is 11.3 Å². The van der Waals surface area contributed by atoms with Crippen LogP contribution in [0.1, 0.15) is 31.6 Å². The first-order chi connectivity index (χ1) is 11.3. The largest absolute Gasteiger partial charge is 0.441 e. The van der Waals surface area contributed by atoms with Gasteiger partial charge in [0.15, 0.2) is 11.7 Å². The van der Waals surface area contributed by atoms with E-state index in [0.29, 0.717) is 25.3 Å². The van der Waals surface area contributed by atoms with E-state index in [9.17, 15) is 4.79 Å². The quantitative estimate of drug-likeness (QED) is 0.921. The maximum atomic E-state index is 12.4. The van der Waals surface area contributed by atoms with Gasteiger partial charge in [-0.25, -0.2) is 4.98 Å². The number of likely N-dealkylation sites (tertiary alicyclic amines) is 1. The van der Waals surface area contributed by atoms with Crippen LogP contribution in [0.15, 0.2) is 40.9 Å². The van der Waals surface area contributed by atoms with Crippen LogP contribution in [0.5, 0.6) is 0 Å². The van der Waals surface area contributed by atoms with Gasteiger partial charge in [0, 0.05) is 37.5 Å². The van der Waals surface area contributed by atoms with Crippen LogP contribution < -0.4 is 5.73 Å². The molecule has 0 radical (unpaired) electrons. The van der Waals surface area contributed by atoms with Crippen LogP contribution in [0, 0.1) is 0 Å². The predicted molar refractivity (Wildman–Crippen MR) is 88.7 cm³/mol. The van der Waals surface area contributed by atoms with Crippen LogP contribution in [0.2, 0.25) is 0 Å². The SMILES string of the molecule is NCC1CCCCN1C(=O)CCc1ncc(-c2ccccc2)o1. The number of amides is 1. The molecule has 2 aromatic rings. The number of oxazole rings is 1. The van der Waals surface area contributed by atoms with E-state index in [2.05, 4.69) is 4.98 Å². The standard InChI is InChI=1S/C18H23N3O2/c19-12-15-8-4-5-11-21(15)18(22)10-9-17-20-13-16(23-17)14-6-2-1-3-7-14/h1-3,6-7,13,15H,4-5,8-12,19H2. The summed E-state index contributed by atoms with van der Waals surface area (Å²) in [4.78, 5) is 18.6. The van der Waals surface area contributed by atoms with E-state index in [1.165, 1.54) is 0 Å². The van der Waals surface area contributed by atoms with E-state index < -0.39 is 0 Å². The van der Waals surface area contributed by atoms with Crippen LogP contribution >= 0.6 is 0 Å². The fourth-order valence-corrected chi connectivity index (χ4v) is 3.09. The fourth-order valence-electron chi connectivity index (χ4n) is 3.09. The van der Waals surface area contributed by atoms with Gasteiger partial charge in [0.05, 0.1) is 6.20 Å². The van der Waals surface area contributed by atoms with Gasteiger partial charge in [0.25, 0.3) is 0 Å². The van der Waals surface area contributed by atoms with Gasteiger partial charge >= 0.3 is 0 Å². The lowest BCUT2D eigenvalue weighted by atomic mass is 10.0. The minimum absolute atomic E-state index is 0.152. The molecule has 1 aliphatic rings. The molecule has 1 saturated heterocycles. The molecule has 3 rings (SSSR count). The highest BCUT2D eigenvalue weighted by molar-refractivity contribution is 5.76. The third-order valence-corrected chi connectivity index (χ3v) is 4.38. The monoisotopic (exact) mass is 313 g/mol. The molecule has 2 N–H and O–H groups in total. The summed E-state index contributed by atoms with van der Waals surface area (Å²) in [6, 6.07) is 10.0. The number of nitrogens with two attached hydrogens (primary N) is 1. The number of rotatable bonds is 5. The van der Waals surface area contributed by atoms with Gasteiger partial charge < -0.3 is 15.1 Å². The fraction of sp³-hybridized carbons (Fsp3) is 0.444. The molecule has 1 fully saturated rings.